The van der Waals surface area contributed by atoms with Crippen molar-refractivity contribution in [1.29, 1.82) is 0 Å². The van der Waals surface area contributed by atoms with Crippen molar-refractivity contribution in [2.75, 3.05) is 5.32 Å². The minimum atomic E-state index is -4.55. The number of nitrogens with one attached hydrogen (secondary N) is 2. The van der Waals surface area contributed by atoms with Gasteiger partial charge in [0.15, 0.2) is 0 Å². The van der Waals surface area contributed by atoms with Crippen LogP contribution < -0.4 is 10.7 Å². The minimum absolute atomic E-state index is 0.154. The Morgan fingerprint density at radius 1 is 1.08 bits per heavy atom. The van der Waals surface area contributed by atoms with E-state index in [0.717, 1.165) is 18.2 Å². The highest BCUT2D eigenvalue weighted by Gasteiger charge is 2.30. The number of rotatable bonds is 3. The molecule has 0 atom stereocenters. The number of benzene rings is 1. The molecule has 1 aromatic carbocycles. The zero-order chi connectivity index (χ0) is 17.6. The predicted molar refractivity (Wildman–Crippen MR) is 80.0 cm³/mol. The van der Waals surface area contributed by atoms with E-state index in [1.54, 1.807) is 18.2 Å². The highest BCUT2D eigenvalue weighted by molar-refractivity contribution is 6.39. The van der Waals surface area contributed by atoms with Gasteiger partial charge in [-0.3, -0.25) is 14.6 Å². The van der Waals surface area contributed by atoms with Gasteiger partial charge in [0.25, 0.3) is 0 Å². The van der Waals surface area contributed by atoms with E-state index >= 15 is 0 Å². The molecule has 2 aromatic rings. The lowest BCUT2D eigenvalue weighted by Crippen LogP contribution is -2.32. The molecule has 124 valence electrons. The summed E-state index contributed by atoms with van der Waals surface area (Å²) >= 11 is 0. The molecule has 1 heterocycles. The summed E-state index contributed by atoms with van der Waals surface area (Å²) in [6, 6.07) is 8.95. The molecule has 0 saturated carbocycles. The number of hydrogen-bond donors (Lipinski definition) is 2. The van der Waals surface area contributed by atoms with Crippen molar-refractivity contribution in [3.63, 3.8) is 0 Å². The molecule has 0 saturated heterocycles. The van der Waals surface area contributed by atoms with Gasteiger partial charge in [-0.05, 0) is 30.3 Å². The van der Waals surface area contributed by atoms with Crippen LogP contribution in [0.15, 0.2) is 53.8 Å². The third kappa shape index (κ3) is 4.90. The van der Waals surface area contributed by atoms with Crippen LogP contribution in [0.25, 0.3) is 0 Å². The van der Waals surface area contributed by atoms with E-state index in [1.807, 2.05) is 5.43 Å². The molecule has 2 N–H and O–H groups in total. The lowest BCUT2D eigenvalue weighted by molar-refractivity contribution is -0.137. The average molecular weight is 336 g/mol. The first-order valence-corrected chi connectivity index (χ1v) is 6.59. The number of hydrazone groups is 1. The molecule has 9 heteroatoms. The quantitative estimate of drug-likeness (QED) is 0.512. The summed E-state index contributed by atoms with van der Waals surface area (Å²) in [5.74, 6) is -2.27. The zero-order valence-corrected chi connectivity index (χ0v) is 12.0. The van der Waals surface area contributed by atoms with E-state index in [2.05, 4.69) is 15.4 Å². The molecule has 0 radical (unpaired) electrons. The Kier molecular flexibility index (Phi) is 5.25. The number of anilines is 1. The Bertz CT molecular complexity index is 761. The summed E-state index contributed by atoms with van der Waals surface area (Å²) in [6.07, 6.45) is -1.81. The third-order valence-corrected chi connectivity index (χ3v) is 2.70. The maximum absolute atomic E-state index is 12.6. The summed E-state index contributed by atoms with van der Waals surface area (Å²) < 4.78 is 37.7. The van der Waals surface area contributed by atoms with Crippen LogP contribution in [0.5, 0.6) is 0 Å². The number of halogens is 3. The van der Waals surface area contributed by atoms with E-state index < -0.39 is 23.6 Å². The standard InChI is InChI=1S/C15H11F3N4O2/c16-15(17,18)10-4-3-6-11(8-10)21-13(23)14(24)22-20-9-12-5-1-2-7-19-12/h1-9H,(H,21,23)(H,22,24)/b20-9+. The van der Waals surface area contributed by atoms with E-state index in [-0.39, 0.29) is 5.69 Å². The Labute approximate surface area is 134 Å². The molecule has 0 aliphatic heterocycles. The second-order valence-corrected chi connectivity index (χ2v) is 4.49. The van der Waals surface area contributed by atoms with Crippen LogP contribution in [0.2, 0.25) is 0 Å². The van der Waals surface area contributed by atoms with Gasteiger partial charge >= 0.3 is 18.0 Å². The van der Waals surface area contributed by atoms with Gasteiger partial charge in [0.2, 0.25) is 0 Å². The SMILES string of the molecule is O=C(N/N=C/c1ccccn1)C(=O)Nc1cccc(C(F)(F)F)c1. The van der Waals surface area contributed by atoms with E-state index in [4.69, 9.17) is 0 Å². The number of nitrogens with zero attached hydrogens (tertiary/aromatic N) is 2. The number of pyridine rings is 1. The van der Waals surface area contributed by atoms with E-state index in [0.29, 0.717) is 5.69 Å². The Morgan fingerprint density at radius 3 is 2.54 bits per heavy atom. The van der Waals surface area contributed by atoms with Gasteiger partial charge in [-0.2, -0.15) is 18.3 Å². The monoisotopic (exact) mass is 336 g/mol. The molecule has 0 aliphatic rings. The largest absolute Gasteiger partial charge is 0.416 e. The maximum atomic E-state index is 12.6. The molecule has 2 amide bonds. The van der Waals surface area contributed by atoms with Crippen molar-refractivity contribution in [1.82, 2.24) is 10.4 Å². The van der Waals surface area contributed by atoms with Gasteiger partial charge in [-0.1, -0.05) is 12.1 Å². The fraction of sp³-hybridized carbons (Fsp3) is 0.0667. The molecule has 2 rings (SSSR count). The first-order chi connectivity index (χ1) is 11.4. The van der Waals surface area contributed by atoms with Gasteiger partial charge < -0.3 is 5.32 Å². The summed E-state index contributed by atoms with van der Waals surface area (Å²) in [5.41, 5.74) is 1.32. The smallest absolute Gasteiger partial charge is 0.318 e. The average Bonchev–Trinajstić information content (AvgIpc) is 2.55. The molecule has 1 aromatic heterocycles. The van der Waals surface area contributed by atoms with Crippen LogP contribution in [0, 0.1) is 0 Å². The zero-order valence-electron chi connectivity index (χ0n) is 12.0. The van der Waals surface area contributed by atoms with Crippen LogP contribution in [-0.4, -0.2) is 23.0 Å². The van der Waals surface area contributed by atoms with Gasteiger partial charge in [-0.15, -0.1) is 0 Å². The van der Waals surface area contributed by atoms with Crippen molar-refractivity contribution in [2.45, 2.75) is 6.18 Å². The number of carbonyl (C=O) groups is 2. The van der Waals surface area contributed by atoms with Crippen LogP contribution in [0.3, 0.4) is 0 Å². The molecule has 24 heavy (non-hydrogen) atoms. The number of amides is 2. The summed E-state index contributed by atoms with van der Waals surface area (Å²) in [6.45, 7) is 0. The molecular formula is C15H11F3N4O2. The van der Waals surface area contributed by atoms with Gasteiger partial charge in [0.1, 0.15) is 0 Å². The van der Waals surface area contributed by atoms with Gasteiger partial charge in [-0.25, -0.2) is 5.43 Å². The van der Waals surface area contributed by atoms with Crippen LogP contribution in [0.1, 0.15) is 11.3 Å². The first kappa shape index (κ1) is 17.1. The van der Waals surface area contributed by atoms with E-state index in [9.17, 15) is 22.8 Å². The highest BCUT2D eigenvalue weighted by Crippen LogP contribution is 2.30. The van der Waals surface area contributed by atoms with Crippen LogP contribution in [0.4, 0.5) is 18.9 Å². The molecule has 6 nitrogen and oxygen atoms in total. The molecule has 0 fully saturated rings. The van der Waals surface area contributed by atoms with Crippen LogP contribution >= 0.6 is 0 Å². The number of carbonyl (C=O) groups excluding carboxylic acids is 2. The minimum Gasteiger partial charge on any atom is -0.318 e. The Hall–Kier alpha value is -3.23. The summed E-state index contributed by atoms with van der Waals surface area (Å²) in [5, 5.41) is 5.60. The number of alkyl halides is 3. The fourth-order valence-corrected chi connectivity index (χ4v) is 1.62. The number of aromatic nitrogens is 1. The second kappa shape index (κ2) is 7.36. The van der Waals surface area contributed by atoms with Crippen molar-refractivity contribution in [2.24, 2.45) is 5.10 Å². The van der Waals surface area contributed by atoms with Gasteiger partial charge in [0.05, 0.1) is 17.5 Å². The van der Waals surface area contributed by atoms with Crippen molar-refractivity contribution in [3.05, 3.63) is 59.9 Å². The lowest BCUT2D eigenvalue weighted by atomic mass is 10.2. The molecule has 0 aliphatic carbocycles. The van der Waals surface area contributed by atoms with Gasteiger partial charge in [0, 0.05) is 11.9 Å². The number of hydrogen-bond acceptors (Lipinski definition) is 4. The summed E-state index contributed by atoms with van der Waals surface area (Å²) in [4.78, 5) is 27.1. The van der Waals surface area contributed by atoms with Crippen LogP contribution in [-0.2, 0) is 15.8 Å². The van der Waals surface area contributed by atoms with Crippen molar-refractivity contribution in [3.8, 4) is 0 Å². The third-order valence-electron chi connectivity index (χ3n) is 2.70. The van der Waals surface area contributed by atoms with Crippen molar-refractivity contribution >= 4 is 23.7 Å². The second-order valence-electron chi connectivity index (χ2n) is 4.49. The topological polar surface area (TPSA) is 83.5 Å². The Morgan fingerprint density at radius 2 is 1.88 bits per heavy atom. The van der Waals surface area contributed by atoms with Crippen molar-refractivity contribution < 1.29 is 22.8 Å². The van der Waals surface area contributed by atoms with E-state index in [1.165, 1.54) is 18.5 Å². The Balaban J connectivity index is 1.95. The molecule has 0 unspecified atom stereocenters. The summed E-state index contributed by atoms with van der Waals surface area (Å²) in [7, 11) is 0. The molecule has 0 spiro atoms. The fourth-order valence-electron chi connectivity index (χ4n) is 1.62. The molecular weight excluding hydrogens is 325 g/mol. The predicted octanol–water partition coefficient (Wildman–Crippen LogP) is 2.19. The highest BCUT2D eigenvalue weighted by atomic mass is 19.4. The maximum Gasteiger partial charge on any atom is 0.416 e. The first-order valence-electron chi connectivity index (χ1n) is 6.59. The lowest BCUT2D eigenvalue weighted by Gasteiger charge is -2.09. The normalized spacial score (nSPS) is 11.3. The molecule has 0 bridgehead atoms.